The summed E-state index contributed by atoms with van der Waals surface area (Å²) in [5, 5.41) is 1.71. The monoisotopic (exact) mass is 520 g/mol. The van der Waals surface area contributed by atoms with Crippen molar-refractivity contribution in [1.29, 1.82) is 0 Å². The van der Waals surface area contributed by atoms with Crippen molar-refractivity contribution >= 4 is 65.7 Å². The van der Waals surface area contributed by atoms with E-state index in [1.807, 2.05) is 0 Å². The van der Waals surface area contributed by atoms with Crippen molar-refractivity contribution in [2.45, 2.75) is 0 Å². The van der Waals surface area contributed by atoms with Gasteiger partial charge in [-0.25, -0.2) is 36.3 Å². The van der Waals surface area contributed by atoms with Crippen LogP contribution in [-0.2, 0) is 0 Å². The molecular formula is C26H6F6N4O2. The van der Waals surface area contributed by atoms with Crippen LogP contribution >= 0.6 is 0 Å². The maximum atomic E-state index is 14.3. The first-order chi connectivity index (χ1) is 18.2. The van der Waals surface area contributed by atoms with Crippen molar-refractivity contribution in [2.75, 3.05) is 0 Å². The van der Waals surface area contributed by atoms with Gasteiger partial charge in [0.25, 0.3) is 11.1 Å². The van der Waals surface area contributed by atoms with E-state index in [9.17, 15) is 35.9 Å². The molecule has 184 valence electrons. The first-order valence-electron chi connectivity index (χ1n) is 11.0. The Bertz CT molecular complexity index is 2350. The molecule has 0 fully saturated rings. The quantitative estimate of drug-likeness (QED) is 0.204. The summed E-state index contributed by atoms with van der Waals surface area (Å²) in [6.45, 7) is 0. The Kier molecular flexibility index (Phi) is 3.59. The lowest BCUT2D eigenvalue weighted by Crippen LogP contribution is -2.06. The Morgan fingerprint density at radius 1 is 0.500 bits per heavy atom. The molecule has 38 heavy (non-hydrogen) atoms. The molecule has 6 nitrogen and oxygen atoms in total. The largest absolute Gasteiger partial charge is 0.268 e. The molecule has 0 atom stereocenters. The lowest BCUT2D eigenvalue weighted by Gasteiger charge is -2.00. The number of aromatic nitrogens is 4. The van der Waals surface area contributed by atoms with E-state index in [-0.39, 0.29) is 43.9 Å². The molecule has 0 bridgehead atoms. The molecule has 0 aliphatic rings. The number of nitrogens with zero attached hydrogens (tertiary/aromatic N) is 4. The zero-order valence-corrected chi connectivity index (χ0v) is 18.3. The minimum absolute atomic E-state index is 0.0253. The molecule has 0 amide bonds. The number of halogens is 6. The van der Waals surface area contributed by atoms with Crippen molar-refractivity contribution < 1.29 is 26.3 Å². The number of rotatable bonds is 0. The van der Waals surface area contributed by atoms with Gasteiger partial charge in [-0.1, -0.05) is 0 Å². The standard InChI is InChI=1S/C26H6F6N4O2/c27-13-5-15-21(19(31)17(13)29)33-23-9-1-7-2-10-12(4-8(7)3-11(9)25(37)35(15)23)26(38)36-16-6-14(28)18(30)20(32)22(16)34-24(10)36/h1-6H. The lowest BCUT2D eigenvalue weighted by molar-refractivity contribution is 0.452. The second kappa shape index (κ2) is 6.46. The molecule has 0 unspecified atom stereocenters. The van der Waals surface area contributed by atoms with Crippen LogP contribution in [-0.4, -0.2) is 18.8 Å². The molecule has 0 aliphatic carbocycles. The molecule has 4 aromatic heterocycles. The zero-order valence-electron chi connectivity index (χ0n) is 18.3. The summed E-state index contributed by atoms with van der Waals surface area (Å²) < 4.78 is 86.0. The van der Waals surface area contributed by atoms with Gasteiger partial charge in [0.15, 0.2) is 34.9 Å². The highest BCUT2D eigenvalue weighted by Gasteiger charge is 2.25. The maximum absolute atomic E-state index is 14.3. The zero-order chi connectivity index (χ0) is 26.4. The van der Waals surface area contributed by atoms with E-state index in [0.29, 0.717) is 22.9 Å². The van der Waals surface area contributed by atoms with Crippen LogP contribution in [0, 0.1) is 34.9 Å². The Balaban J connectivity index is 1.51. The number of hydrogen-bond donors (Lipinski definition) is 0. The summed E-state index contributed by atoms with van der Waals surface area (Å²) in [5.41, 5.74) is -2.85. The minimum Gasteiger partial charge on any atom is -0.268 e. The first kappa shape index (κ1) is 21.1. The third-order valence-electron chi connectivity index (χ3n) is 7.04. The Morgan fingerprint density at radius 3 is 1.26 bits per heavy atom. The highest BCUT2D eigenvalue weighted by atomic mass is 19.2. The Hall–Kier alpha value is -5.00. The van der Waals surface area contributed by atoms with E-state index >= 15 is 0 Å². The van der Waals surface area contributed by atoms with Crippen molar-refractivity contribution in [1.82, 2.24) is 18.8 Å². The van der Waals surface area contributed by atoms with Crippen LogP contribution in [0.25, 0.3) is 65.7 Å². The smallest absolute Gasteiger partial charge is 0.264 e. The molecule has 12 heteroatoms. The van der Waals surface area contributed by atoms with E-state index in [2.05, 4.69) is 9.97 Å². The van der Waals surface area contributed by atoms with Crippen LogP contribution in [0.2, 0.25) is 0 Å². The molecule has 0 saturated heterocycles. The van der Waals surface area contributed by atoms with Gasteiger partial charge in [0.05, 0.1) is 21.8 Å². The number of benzene rings is 4. The van der Waals surface area contributed by atoms with Crippen molar-refractivity contribution in [3.63, 3.8) is 0 Å². The number of hydrogen-bond acceptors (Lipinski definition) is 4. The van der Waals surface area contributed by atoms with Crippen LogP contribution in [0.15, 0.2) is 46.0 Å². The minimum atomic E-state index is -1.71. The molecule has 8 aromatic rings. The van der Waals surface area contributed by atoms with Crippen LogP contribution in [0.3, 0.4) is 0 Å². The maximum Gasteiger partial charge on any atom is 0.264 e. The van der Waals surface area contributed by atoms with Gasteiger partial charge in [-0.15, -0.1) is 0 Å². The summed E-state index contributed by atoms with van der Waals surface area (Å²) in [7, 11) is 0. The molecule has 0 N–H and O–H groups in total. The second-order valence-corrected chi connectivity index (χ2v) is 9.00. The fourth-order valence-electron chi connectivity index (χ4n) is 5.33. The second-order valence-electron chi connectivity index (χ2n) is 9.00. The van der Waals surface area contributed by atoms with Gasteiger partial charge in [-0.3, -0.25) is 18.4 Å². The predicted molar refractivity (Wildman–Crippen MR) is 126 cm³/mol. The van der Waals surface area contributed by atoms with E-state index in [4.69, 9.17) is 0 Å². The molecule has 4 aromatic carbocycles. The highest BCUT2D eigenvalue weighted by Crippen LogP contribution is 2.33. The van der Waals surface area contributed by atoms with Crippen LogP contribution in [0.5, 0.6) is 0 Å². The molecule has 0 radical (unpaired) electrons. The highest BCUT2D eigenvalue weighted by molar-refractivity contribution is 6.12. The van der Waals surface area contributed by atoms with Gasteiger partial charge in [0, 0.05) is 22.9 Å². The molecular weight excluding hydrogens is 514 g/mol. The third-order valence-corrected chi connectivity index (χ3v) is 7.04. The van der Waals surface area contributed by atoms with E-state index in [0.717, 1.165) is 8.80 Å². The SMILES string of the molecule is O=c1c2cc3cc4c(=O)n5c6cc(F)c(F)c(F)c6nc5c4cc3cc2c2nc3c(F)c(F)c(F)cc3n12. The summed E-state index contributed by atoms with van der Waals surface area (Å²) in [6.07, 6.45) is 0. The predicted octanol–water partition coefficient (Wildman–Crippen LogP) is 5.18. The lowest BCUT2D eigenvalue weighted by atomic mass is 10.0. The molecule has 0 aliphatic heterocycles. The van der Waals surface area contributed by atoms with Crippen LogP contribution < -0.4 is 11.1 Å². The van der Waals surface area contributed by atoms with Crippen molar-refractivity contribution in [3.05, 3.63) is 92.0 Å². The van der Waals surface area contributed by atoms with Crippen LogP contribution in [0.1, 0.15) is 0 Å². The Morgan fingerprint density at radius 2 is 0.868 bits per heavy atom. The summed E-state index contributed by atoms with van der Waals surface area (Å²) in [6, 6.07) is 7.41. The van der Waals surface area contributed by atoms with E-state index in [1.54, 1.807) is 0 Å². The van der Waals surface area contributed by atoms with E-state index < -0.39 is 57.1 Å². The fourth-order valence-corrected chi connectivity index (χ4v) is 5.33. The molecule has 0 saturated carbocycles. The number of fused-ring (bicyclic) bond motifs is 11. The van der Waals surface area contributed by atoms with Crippen molar-refractivity contribution in [3.8, 4) is 0 Å². The average Bonchev–Trinajstić information content (AvgIpc) is 3.60. The Labute approximate surface area is 203 Å². The van der Waals surface area contributed by atoms with Gasteiger partial charge in [-0.2, -0.15) is 0 Å². The van der Waals surface area contributed by atoms with Gasteiger partial charge in [0.2, 0.25) is 0 Å². The average molecular weight is 520 g/mol. The molecule has 8 rings (SSSR count). The fraction of sp³-hybridized carbons (Fsp3) is 0. The van der Waals surface area contributed by atoms with Gasteiger partial charge in [-0.05, 0) is 35.0 Å². The summed E-state index contributed by atoms with van der Waals surface area (Å²) >= 11 is 0. The third kappa shape index (κ3) is 2.26. The van der Waals surface area contributed by atoms with Crippen molar-refractivity contribution in [2.24, 2.45) is 0 Å². The van der Waals surface area contributed by atoms with Gasteiger partial charge in [0.1, 0.15) is 22.3 Å². The normalized spacial score (nSPS) is 12.7. The number of imidazole rings is 2. The van der Waals surface area contributed by atoms with Crippen LogP contribution in [0.4, 0.5) is 26.3 Å². The van der Waals surface area contributed by atoms with Gasteiger partial charge >= 0.3 is 0 Å². The molecule has 0 spiro atoms. The van der Waals surface area contributed by atoms with Gasteiger partial charge < -0.3 is 0 Å². The summed E-state index contributed by atoms with van der Waals surface area (Å²) in [5.74, 6) is -9.40. The molecule has 4 heterocycles. The summed E-state index contributed by atoms with van der Waals surface area (Å²) in [4.78, 5) is 34.5. The topological polar surface area (TPSA) is 68.7 Å². The first-order valence-corrected chi connectivity index (χ1v) is 11.0. The van der Waals surface area contributed by atoms with E-state index in [1.165, 1.54) is 24.3 Å².